The number of nitriles is 4. The zero-order chi connectivity index (χ0) is 25.2. The first-order valence-electron chi connectivity index (χ1n) is 11.5. The van der Waals surface area contributed by atoms with Crippen LogP contribution in [0.15, 0.2) is 72.8 Å². The van der Waals surface area contributed by atoms with Crippen molar-refractivity contribution in [3.63, 3.8) is 0 Å². The van der Waals surface area contributed by atoms with Crippen LogP contribution in [0.1, 0.15) is 51.4 Å². The highest BCUT2D eigenvalue weighted by Gasteiger charge is 2.65. The van der Waals surface area contributed by atoms with Gasteiger partial charge in [-0.3, -0.25) is 5.32 Å². The number of piperidine rings is 1. The Balaban J connectivity index is 2.07. The van der Waals surface area contributed by atoms with Crippen LogP contribution in [0.4, 0.5) is 0 Å². The van der Waals surface area contributed by atoms with Crippen molar-refractivity contribution in [2.45, 2.75) is 38.8 Å². The number of hydrogen-bond donors (Lipinski definition) is 1. The van der Waals surface area contributed by atoms with Gasteiger partial charge >= 0.3 is 0 Å². The number of nitrogens with one attached hydrogen (secondary N) is 1. The number of hydrogen-bond acceptors (Lipinski definition) is 5. The molecular formula is C30H25N5. The predicted molar refractivity (Wildman–Crippen MR) is 132 cm³/mol. The van der Waals surface area contributed by atoms with E-state index in [2.05, 4.69) is 29.6 Å². The van der Waals surface area contributed by atoms with E-state index in [1.165, 1.54) is 0 Å². The molecule has 0 saturated carbocycles. The third kappa shape index (κ3) is 3.74. The lowest BCUT2D eigenvalue weighted by molar-refractivity contribution is 0.0997. The molecule has 4 rings (SSSR count). The molecule has 35 heavy (non-hydrogen) atoms. The second-order valence-electron chi connectivity index (χ2n) is 9.38. The molecule has 1 N–H and O–H groups in total. The Morgan fingerprint density at radius 2 is 0.800 bits per heavy atom. The quantitative estimate of drug-likeness (QED) is 0.533. The van der Waals surface area contributed by atoms with Gasteiger partial charge in [-0.25, -0.2) is 0 Å². The van der Waals surface area contributed by atoms with Gasteiger partial charge in [-0.15, -0.1) is 0 Å². The van der Waals surface area contributed by atoms with E-state index in [4.69, 9.17) is 0 Å². The highest BCUT2D eigenvalue weighted by atomic mass is 15.0. The second-order valence-corrected chi connectivity index (χ2v) is 9.38. The van der Waals surface area contributed by atoms with Crippen molar-refractivity contribution in [3.8, 4) is 24.3 Å². The van der Waals surface area contributed by atoms with E-state index >= 15 is 0 Å². The standard InChI is InChI=1S/C30H25N5/c1-20-4-10-23(11-5-20)26-29(16-31,17-32)27(24-12-6-21(2)7-13-24)35-28(30(26,18-33)19-34)25-14-8-22(3)9-15-25/h4-15,26-28,35H,1-3H3. The van der Waals surface area contributed by atoms with Crippen molar-refractivity contribution in [1.82, 2.24) is 5.32 Å². The van der Waals surface area contributed by atoms with Gasteiger partial charge in [0.2, 0.25) is 0 Å². The van der Waals surface area contributed by atoms with Gasteiger partial charge in [0.25, 0.3) is 0 Å². The Kier molecular flexibility index (Phi) is 6.16. The molecule has 3 aromatic rings. The van der Waals surface area contributed by atoms with Crippen molar-refractivity contribution in [3.05, 3.63) is 106 Å². The topological polar surface area (TPSA) is 107 Å². The molecule has 2 unspecified atom stereocenters. The lowest BCUT2D eigenvalue weighted by Gasteiger charge is -2.51. The summed E-state index contributed by atoms with van der Waals surface area (Å²) in [7, 11) is 0. The van der Waals surface area contributed by atoms with Crippen LogP contribution < -0.4 is 5.32 Å². The van der Waals surface area contributed by atoms with Crippen molar-refractivity contribution in [1.29, 1.82) is 21.0 Å². The minimum absolute atomic E-state index is 0.623. The molecule has 0 amide bonds. The molecule has 1 fully saturated rings. The van der Waals surface area contributed by atoms with Crippen LogP contribution in [-0.2, 0) is 0 Å². The normalized spacial score (nSPS) is 22.1. The maximum atomic E-state index is 10.6. The molecule has 5 heteroatoms. The Morgan fingerprint density at radius 1 is 0.514 bits per heavy atom. The zero-order valence-electron chi connectivity index (χ0n) is 19.9. The van der Waals surface area contributed by atoms with Crippen LogP contribution in [0.25, 0.3) is 0 Å². The summed E-state index contributed by atoms with van der Waals surface area (Å²) in [5, 5.41) is 45.8. The van der Waals surface area contributed by atoms with Gasteiger partial charge in [0.1, 0.15) is 0 Å². The molecule has 1 heterocycles. The summed E-state index contributed by atoms with van der Waals surface area (Å²) < 4.78 is 0. The molecule has 0 bridgehead atoms. The second kappa shape index (κ2) is 9.08. The molecule has 0 aliphatic carbocycles. The van der Waals surface area contributed by atoms with E-state index in [1.54, 1.807) is 0 Å². The Labute approximate surface area is 206 Å². The van der Waals surface area contributed by atoms with Crippen LogP contribution in [-0.4, -0.2) is 0 Å². The third-order valence-electron chi connectivity index (χ3n) is 7.13. The Bertz CT molecular complexity index is 1280. The van der Waals surface area contributed by atoms with Crippen LogP contribution >= 0.6 is 0 Å². The van der Waals surface area contributed by atoms with Crippen LogP contribution in [0.3, 0.4) is 0 Å². The summed E-state index contributed by atoms with van der Waals surface area (Å²) in [4.78, 5) is 0. The highest BCUT2D eigenvalue weighted by Crippen LogP contribution is 2.61. The minimum atomic E-state index is -1.71. The van der Waals surface area contributed by atoms with Gasteiger partial charge in [-0.05, 0) is 37.5 Å². The van der Waals surface area contributed by atoms with Crippen molar-refractivity contribution >= 4 is 0 Å². The molecular weight excluding hydrogens is 430 g/mol. The summed E-state index contributed by atoms with van der Waals surface area (Å²) in [6.07, 6.45) is 0. The summed E-state index contributed by atoms with van der Waals surface area (Å²) in [5.41, 5.74) is 1.84. The predicted octanol–water partition coefficient (Wildman–Crippen LogP) is 5.85. The number of aryl methyl sites for hydroxylation is 3. The number of nitrogens with zero attached hydrogens (tertiary/aromatic N) is 4. The highest BCUT2D eigenvalue weighted by molar-refractivity contribution is 5.49. The summed E-state index contributed by atoms with van der Waals surface area (Å²) in [6.45, 7) is 5.89. The van der Waals surface area contributed by atoms with Gasteiger partial charge in [0, 0.05) is 0 Å². The first-order chi connectivity index (χ1) is 16.8. The van der Waals surface area contributed by atoms with Gasteiger partial charge < -0.3 is 0 Å². The number of benzene rings is 3. The van der Waals surface area contributed by atoms with E-state index < -0.39 is 28.8 Å². The molecule has 5 nitrogen and oxygen atoms in total. The summed E-state index contributed by atoms with van der Waals surface area (Å²) in [6, 6.07) is 30.4. The monoisotopic (exact) mass is 455 g/mol. The van der Waals surface area contributed by atoms with Gasteiger partial charge in [0.15, 0.2) is 10.8 Å². The molecule has 0 radical (unpaired) electrons. The van der Waals surface area contributed by atoms with Crippen molar-refractivity contribution in [2.75, 3.05) is 0 Å². The van der Waals surface area contributed by atoms with Crippen molar-refractivity contribution < 1.29 is 0 Å². The summed E-state index contributed by atoms with van der Waals surface area (Å²) >= 11 is 0. The number of rotatable bonds is 3. The Morgan fingerprint density at radius 3 is 1.09 bits per heavy atom. The van der Waals surface area contributed by atoms with Crippen LogP contribution in [0, 0.1) is 76.9 Å². The first-order valence-corrected chi connectivity index (χ1v) is 11.5. The van der Waals surface area contributed by atoms with E-state index in [0.29, 0.717) is 5.56 Å². The fourth-order valence-corrected chi connectivity index (χ4v) is 5.21. The van der Waals surface area contributed by atoms with Gasteiger partial charge in [0.05, 0.1) is 42.3 Å². The molecule has 0 aromatic heterocycles. The lowest BCUT2D eigenvalue weighted by Crippen LogP contribution is -2.57. The molecule has 170 valence electrons. The van der Waals surface area contributed by atoms with Crippen LogP contribution in [0.2, 0.25) is 0 Å². The molecule has 1 aliphatic rings. The molecule has 3 aromatic carbocycles. The van der Waals surface area contributed by atoms with E-state index in [9.17, 15) is 21.0 Å². The van der Waals surface area contributed by atoms with E-state index in [1.807, 2.05) is 93.6 Å². The van der Waals surface area contributed by atoms with Gasteiger partial charge in [-0.2, -0.15) is 21.0 Å². The largest absolute Gasteiger partial charge is 0.298 e. The smallest absolute Gasteiger partial charge is 0.172 e. The first kappa shape index (κ1) is 23.7. The average molecular weight is 456 g/mol. The molecule has 0 spiro atoms. The van der Waals surface area contributed by atoms with E-state index in [0.717, 1.165) is 27.8 Å². The maximum absolute atomic E-state index is 10.6. The molecule has 2 atom stereocenters. The van der Waals surface area contributed by atoms with E-state index in [-0.39, 0.29) is 0 Å². The zero-order valence-corrected chi connectivity index (χ0v) is 19.9. The molecule has 1 saturated heterocycles. The average Bonchev–Trinajstić information content (AvgIpc) is 2.89. The molecule has 1 aliphatic heterocycles. The summed E-state index contributed by atoms with van der Waals surface area (Å²) in [5.74, 6) is -0.987. The fraction of sp³-hybridized carbons (Fsp3) is 0.267. The van der Waals surface area contributed by atoms with Crippen LogP contribution in [0.5, 0.6) is 0 Å². The van der Waals surface area contributed by atoms with Crippen molar-refractivity contribution in [2.24, 2.45) is 10.8 Å². The third-order valence-corrected chi connectivity index (χ3v) is 7.13. The Hall–Kier alpha value is -4.42. The maximum Gasteiger partial charge on any atom is 0.172 e. The minimum Gasteiger partial charge on any atom is -0.298 e. The lowest BCUT2D eigenvalue weighted by atomic mass is 9.51. The van der Waals surface area contributed by atoms with Gasteiger partial charge in [-0.1, -0.05) is 89.5 Å². The SMILES string of the molecule is Cc1ccc(C2NC(c3ccc(C)cc3)C(C#N)(C#N)C(c3ccc(C)cc3)C2(C#N)C#N)cc1. The fourth-order valence-electron chi connectivity index (χ4n) is 5.21.